The number of nitrogens with zero attached hydrogens (tertiary/aromatic N) is 2. The molecule has 1 saturated heterocycles. The normalized spacial score (nSPS) is 28.9. The van der Waals surface area contributed by atoms with E-state index in [2.05, 4.69) is 12.2 Å². The van der Waals surface area contributed by atoms with Gasteiger partial charge in [0.25, 0.3) is 10.2 Å². The van der Waals surface area contributed by atoms with Gasteiger partial charge in [-0.05, 0) is 38.6 Å². The molecule has 0 bridgehead atoms. The minimum absolute atomic E-state index is 0.137. The van der Waals surface area contributed by atoms with Crippen LogP contribution in [0.25, 0.3) is 0 Å². The third kappa shape index (κ3) is 4.39. The van der Waals surface area contributed by atoms with Gasteiger partial charge in [0.2, 0.25) is 0 Å². The van der Waals surface area contributed by atoms with Crippen molar-refractivity contribution in [3.05, 3.63) is 0 Å². The maximum Gasteiger partial charge on any atom is 0.282 e. The van der Waals surface area contributed by atoms with Crippen molar-refractivity contribution < 1.29 is 13.2 Å². The van der Waals surface area contributed by atoms with Crippen LogP contribution in [0.3, 0.4) is 0 Å². The summed E-state index contributed by atoms with van der Waals surface area (Å²) in [4.78, 5) is 0. The Labute approximate surface area is 129 Å². The summed E-state index contributed by atoms with van der Waals surface area (Å²) in [5.41, 5.74) is 0. The largest absolute Gasteiger partial charge is 0.379 e. The molecule has 1 aliphatic carbocycles. The average Bonchev–Trinajstić information content (AvgIpc) is 2.53. The summed E-state index contributed by atoms with van der Waals surface area (Å²) in [6.45, 7) is 5.17. The molecule has 2 aliphatic rings. The lowest BCUT2D eigenvalue weighted by Crippen LogP contribution is -2.51. The Bertz CT molecular complexity index is 402. The first-order chi connectivity index (χ1) is 10.1. The molecule has 2 rings (SSSR count). The summed E-state index contributed by atoms with van der Waals surface area (Å²) in [5.74, 6) is 0. The topological polar surface area (TPSA) is 61.9 Å². The zero-order chi connectivity index (χ0) is 15.3. The van der Waals surface area contributed by atoms with E-state index < -0.39 is 10.2 Å². The number of nitrogens with one attached hydrogen (secondary N) is 1. The predicted octanol–water partition coefficient (Wildman–Crippen LogP) is 0.806. The van der Waals surface area contributed by atoms with Gasteiger partial charge in [-0.1, -0.05) is 6.92 Å². The smallest absolute Gasteiger partial charge is 0.282 e. The zero-order valence-corrected chi connectivity index (χ0v) is 14.1. The lowest BCUT2D eigenvalue weighted by molar-refractivity contribution is 0.0692. The SMILES string of the molecule is CCCNC1CCC(N(C)S(=O)(=O)N2CCOCC2)CC1. The number of hydrogen-bond donors (Lipinski definition) is 1. The van der Waals surface area contributed by atoms with Crippen molar-refractivity contribution in [2.75, 3.05) is 39.9 Å². The highest BCUT2D eigenvalue weighted by atomic mass is 32.2. The van der Waals surface area contributed by atoms with Crippen LogP contribution >= 0.6 is 0 Å². The van der Waals surface area contributed by atoms with Gasteiger partial charge in [0.15, 0.2) is 0 Å². The molecule has 1 aliphatic heterocycles. The maximum absolute atomic E-state index is 12.6. The van der Waals surface area contributed by atoms with Crippen LogP contribution in [0.15, 0.2) is 0 Å². The Morgan fingerprint density at radius 1 is 1.19 bits per heavy atom. The first-order valence-electron chi connectivity index (χ1n) is 8.10. The molecule has 1 saturated carbocycles. The number of hydrogen-bond acceptors (Lipinski definition) is 4. The standard InChI is InChI=1S/C14H29N3O3S/c1-3-8-15-13-4-6-14(7-5-13)16(2)21(18,19)17-9-11-20-12-10-17/h13-15H,3-12H2,1-2H3. The van der Waals surface area contributed by atoms with Crippen LogP contribution in [-0.2, 0) is 14.9 Å². The third-order valence-corrected chi connectivity index (χ3v) is 6.60. The maximum atomic E-state index is 12.6. The van der Waals surface area contributed by atoms with E-state index in [0.29, 0.717) is 32.3 Å². The molecule has 124 valence electrons. The molecule has 0 radical (unpaired) electrons. The Kier molecular flexibility index (Phi) is 6.43. The summed E-state index contributed by atoms with van der Waals surface area (Å²) >= 11 is 0. The van der Waals surface area contributed by atoms with Gasteiger partial charge in [0.05, 0.1) is 13.2 Å². The second-order valence-corrected chi connectivity index (χ2v) is 7.98. The summed E-state index contributed by atoms with van der Waals surface area (Å²) in [7, 11) is -1.60. The Balaban J connectivity index is 1.87. The van der Waals surface area contributed by atoms with Crippen LogP contribution in [-0.4, -0.2) is 69.0 Å². The molecule has 1 N–H and O–H groups in total. The minimum atomic E-state index is -3.33. The fraction of sp³-hybridized carbons (Fsp3) is 1.00. The monoisotopic (exact) mass is 319 g/mol. The van der Waals surface area contributed by atoms with Crippen LogP contribution in [0, 0.1) is 0 Å². The van der Waals surface area contributed by atoms with E-state index in [1.54, 1.807) is 15.7 Å². The third-order valence-electron chi connectivity index (χ3n) is 4.55. The van der Waals surface area contributed by atoms with E-state index in [1.807, 2.05) is 0 Å². The number of morpholine rings is 1. The highest BCUT2D eigenvalue weighted by Crippen LogP contribution is 2.25. The van der Waals surface area contributed by atoms with E-state index in [9.17, 15) is 8.42 Å². The van der Waals surface area contributed by atoms with Crippen LogP contribution in [0.5, 0.6) is 0 Å². The molecule has 0 unspecified atom stereocenters. The van der Waals surface area contributed by atoms with Crippen molar-refractivity contribution in [2.45, 2.75) is 51.1 Å². The van der Waals surface area contributed by atoms with Gasteiger partial charge in [0, 0.05) is 32.2 Å². The quantitative estimate of drug-likeness (QED) is 0.787. The van der Waals surface area contributed by atoms with Crippen molar-refractivity contribution >= 4 is 10.2 Å². The molecule has 0 amide bonds. The zero-order valence-electron chi connectivity index (χ0n) is 13.3. The number of rotatable bonds is 6. The minimum Gasteiger partial charge on any atom is -0.379 e. The van der Waals surface area contributed by atoms with E-state index >= 15 is 0 Å². The number of ether oxygens (including phenoxy) is 1. The molecule has 0 aromatic heterocycles. The molecule has 0 aromatic rings. The van der Waals surface area contributed by atoms with Crippen molar-refractivity contribution in [1.82, 2.24) is 13.9 Å². The van der Waals surface area contributed by atoms with E-state index in [-0.39, 0.29) is 6.04 Å². The second-order valence-electron chi connectivity index (χ2n) is 5.99. The molecule has 21 heavy (non-hydrogen) atoms. The summed E-state index contributed by atoms with van der Waals surface area (Å²) in [6.07, 6.45) is 5.16. The van der Waals surface area contributed by atoms with Gasteiger partial charge in [0.1, 0.15) is 0 Å². The van der Waals surface area contributed by atoms with Gasteiger partial charge >= 0.3 is 0 Å². The fourth-order valence-electron chi connectivity index (χ4n) is 3.14. The molecule has 2 fully saturated rings. The van der Waals surface area contributed by atoms with Gasteiger partial charge in [-0.3, -0.25) is 0 Å². The van der Waals surface area contributed by atoms with Crippen molar-refractivity contribution in [3.63, 3.8) is 0 Å². The highest BCUT2D eigenvalue weighted by Gasteiger charge is 2.34. The van der Waals surface area contributed by atoms with Crippen LogP contribution in [0.1, 0.15) is 39.0 Å². The Morgan fingerprint density at radius 3 is 2.38 bits per heavy atom. The lowest BCUT2D eigenvalue weighted by atomic mass is 9.91. The van der Waals surface area contributed by atoms with Crippen molar-refractivity contribution in [2.24, 2.45) is 0 Å². The summed E-state index contributed by atoms with van der Waals surface area (Å²) < 4.78 is 33.6. The lowest BCUT2D eigenvalue weighted by Gasteiger charge is -2.37. The second kappa shape index (κ2) is 7.87. The van der Waals surface area contributed by atoms with E-state index in [0.717, 1.165) is 38.6 Å². The summed E-state index contributed by atoms with van der Waals surface area (Å²) in [5, 5.41) is 3.54. The first-order valence-corrected chi connectivity index (χ1v) is 9.49. The average molecular weight is 319 g/mol. The van der Waals surface area contributed by atoms with E-state index in [4.69, 9.17) is 4.74 Å². The Hall–Kier alpha value is -0.210. The van der Waals surface area contributed by atoms with Crippen LogP contribution < -0.4 is 5.32 Å². The molecule has 7 heteroatoms. The van der Waals surface area contributed by atoms with E-state index in [1.165, 1.54) is 0 Å². The van der Waals surface area contributed by atoms with Gasteiger partial charge in [-0.25, -0.2) is 0 Å². The molecular formula is C14H29N3O3S. The highest BCUT2D eigenvalue weighted by molar-refractivity contribution is 7.86. The van der Waals surface area contributed by atoms with Gasteiger partial charge in [-0.2, -0.15) is 17.0 Å². The van der Waals surface area contributed by atoms with Crippen molar-refractivity contribution in [1.29, 1.82) is 0 Å². The predicted molar refractivity (Wildman–Crippen MR) is 83.4 cm³/mol. The van der Waals surface area contributed by atoms with Gasteiger partial charge in [-0.15, -0.1) is 0 Å². The molecule has 1 heterocycles. The molecule has 0 spiro atoms. The molecular weight excluding hydrogens is 290 g/mol. The van der Waals surface area contributed by atoms with Crippen LogP contribution in [0.4, 0.5) is 0 Å². The fourth-order valence-corrected chi connectivity index (χ4v) is 4.70. The summed E-state index contributed by atoms with van der Waals surface area (Å²) in [6, 6.07) is 0.693. The van der Waals surface area contributed by atoms with Crippen LogP contribution in [0.2, 0.25) is 0 Å². The van der Waals surface area contributed by atoms with Gasteiger partial charge < -0.3 is 10.1 Å². The Morgan fingerprint density at radius 2 is 1.81 bits per heavy atom. The molecule has 0 atom stereocenters. The molecule has 0 aromatic carbocycles. The first kappa shape index (κ1) is 17.1. The molecule has 6 nitrogen and oxygen atoms in total. The van der Waals surface area contributed by atoms with Crippen molar-refractivity contribution in [3.8, 4) is 0 Å².